The van der Waals surface area contributed by atoms with Crippen molar-refractivity contribution in [1.29, 1.82) is 0 Å². The molecule has 160 valence electrons. The van der Waals surface area contributed by atoms with Crippen molar-refractivity contribution in [3.63, 3.8) is 0 Å². The van der Waals surface area contributed by atoms with Crippen LogP contribution in [0.15, 0.2) is 95.4 Å². The van der Waals surface area contributed by atoms with E-state index in [1.807, 2.05) is 0 Å². The normalized spacial score (nSPS) is 12.4. The predicted molar refractivity (Wildman–Crippen MR) is 141 cm³/mol. The van der Waals surface area contributed by atoms with E-state index in [0.717, 1.165) is 16.8 Å². The van der Waals surface area contributed by atoms with E-state index >= 15 is 0 Å². The lowest BCUT2D eigenvalue weighted by atomic mass is 9.99. The van der Waals surface area contributed by atoms with Gasteiger partial charge in [0.05, 0.1) is 17.8 Å². The first-order chi connectivity index (χ1) is 16.7. The molecule has 0 fully saturated rings. The second kappa shape index (κ2) is 6.15. The third-order valence-electron chi connectivity index (χ3n) is 7.52. The number of hydrogen-bond acceptors (Lipinski definition) is 1. The number of aromatic nitrogens is 2. The Morgan fingerprint density at radius 2 is 1.38 bits per heavy atom. The average Bonchev–Trinajstić information content (AvgIpc) is 3.39. The molecule has 3 nitrogen and oxygen atoms in total. The molecule has 3 aromatic heterocycles. The lowest BCUT2D eigenvalue weighted by molar-refractivity contribution is -0.624. The summed E-state index contributed by atoms with van der Waals surface area (Å²) in [7, 11) is 2.12. The highest BCUT2D eigenvalue weighted by Gasteiger charge is 2.29. The molecule has 0 aliphatic heterocycles. The van der Waals surface area contributed by atoms with E-state index in [4.69, 9.17) is 4.42 Å². The van der Waals surface area contributed by atoms with Gasteiger partial charge in [-0.15, -0.1) is 0 Å². The number of furan rings is 1. The van der Waals surface area contributed by atoms with Gasteiger partial charge >= 0.3 is 5.71 Å². The molecule has 8 rings (SSSR count). The van der Waals surface area contributed by atoms with Gasteiger partial charge in [-0.25, -0.2) is 0 Å². The van der Waals surface area contributed by atoms with Gasteiger partial charge in [0.25, 0.3) is 5.65 Å². The molecule has 3 heterocycles. The molecule has 34 heavy (non-hydrogen) atoms. The van der Waals surface area contributed by atoms with Crippen LogP contribution in [0.2, 0.25) is 0 Å². The SMILES string of the molecule is Cc1cccc2c3ccccc3n3c4c5c(ccc6c7ccccc7ccc65)oc4[n+](C)c3c12. The summed E-state index contributed by atoms with van der Waals surface area (Å²) in [6, 6.07) is 32.7. The van der Waals surface area contributed by atoms with Crippen LogP contribution < -0.4 is 4.57 Å². The van der Waals surface area contributed by atoms with Gasteiger partial charge < -0.3 is 4.42 Å². The number of rotatable bonds is 0. The maximum atomic E-state index is 6.57. The number of imidazole rings is 1. The van der Waals surface area contributed by atoms with E-state index in [-0.39, 0.29) is 0 Å². The lowest BCUT2D eigenvalue weighted by Gasteiger charge is -2.07. The van der Waals surface area contributed by atoms with Gasteiger partial charge in [0.2, 0.25) is 5.52 Å². The van der Waals surface area contributed by atoms with E-state index in [0.29, 0.717) is 0 Å². The highest BCUT2D eigenvalue weighted by molar-refractivity contribution is 6.24. The zero-order chi connectivity index (χ0) is 22.6. The fraction of sp³-hybridized carbons (Fsp3) is 0.0645. The van der Waals surface area contributed by atoms with Gasteiger partial charge in [0, 0.05) is 10.8 Å². The Bertz CT molecular complexity index is 2140. The number of fused-ring (bicyclic) bond motifs is 14. The number of pyridine rings is 1. The molecule has 8 aromatic rings. The van der Waals surface area contributed by atoms with Crippen LogP contribution in [0.5, 0.6) is 0 Å². The molecular weight excluding hydrogens is 416 g/mol. The Labute approximate surface area is 195 Å². The summed E-state index contributed by atoms with van der Waals surface area (Å²) in [4.78, 5) is 0. The minimum atomic E-state index is 0.900. The molecule has 0 spiro atoms. The molecule has 0 amide bonds. The van der Waals surface area contributed by atoms with E-state index in [2.05, 4.69) is 114 Å². The van der Waals surface area contributed by atoms with Crippen molar-refractivity contribution in [3.05, 3.63) is 96.6 Å². The second-order valence-electron chi connectivity index (χ2n) is 9.31. The first-order valence-electron chi connectivity index (χ1n) is 11.7. The summed E-state index contributed by atoms with van der Waals surface area (Å²) in [5, 5.41) is 9.99. The zero-order valence-electron chi connectivity index (χ0n) is 19.0. The van der Waals surface area contributed by atoms with Crippen LogP contribution in [-0.4, -0.2) is 4.40 Å². The molecule has 0 saturated carbocycles. The summed E-state index contributed by atoms with van der Waals surface area (Å²) in [5.41, 5.74) is 6.59. The third-order valence-corrected chi connectivity index (χ3v) is 7.52. The summed E-state index contributed by atoms with van der Waals surface area (Å²) in [6.45, 7) is 2.20. The maximum Gasteiger partial charge on any atom is 0.339 e. The summed E-state index contributed by atoms with van der Waals surface area (Å²) in [6.07, 6.45) is 0. The van der Waals surface area contributed by atoms with Crippen molar-refractivity contribution in [2.45, 2.75) is 6.92 Å². The Balaban J connectivity index is 1.74. The number of para-hydroxylation sites is 1. The molecule has 0 unspecified atom stereocenters. The van der Waals surface area contributed by atoms with Gasteiger partial charge in [-0.05, 0) is 52.2 Å². The third kappa shape index (κ3) is 2.06. The molecule has 0 aliphatic carbocycles. The van der Waals surface area contributed by atoms with Gasteiger partial charge in [-0.1, -0.05) is 72.8 Å². The van der Waals surface area contributed by atoms with E-state index < -0.39 is 0 Å². The van der Waals surface area contributed by atoms with Gasteiger partial charge in [-0.3, -0.25) is 0 Å². The molecule has 3 heteroatoms. The van der Waals surface area contributed by atoms with Crippen molar-refractivity contribution >= 4 is 71.1 Å². The van der Waals surface area contributed by atoms with E-state index in [1.54, 1.807) is 0 Å². The maximum absolute atomic E-state index is 6.57. The summed E-state index contributed by atoms with van der Waals surface area (Å²) in [5.74, 6) is 0. The predicted octanol–water partition coefficient (Wildman–Crippen LogP) is 7.58. The lowest BCUT2D eigenvalue weighted by Crippen LogP contribution is -2.27. The van der Waals surface area contributed by atoms with Crippen LogP contribution in [0, 0.1) is 6.92 Å². The van der Waals surface area contributed by atoms with Gasteiger partial charge in [-0.2, -0.15) is 8.97 Å². The highest BCUT2D eigenvalue weighted by atomic mass is 16.3. The largest absolute Gasteiger partial charge is 0.419 e. The number of hydrogen-bond donors (Lipinski definition) is 0. The zero-order valence-corrected chi connectivity index (χ0v) is 19.0. The number of aryl methyl sites for hydroxylation is 2. The van der Waals surface area contributed by atoms with Gasteiger partial charge in [0.1, 0.15) is 11.1 Å². The number of nitrogens with zero attached hydrogens (tertiary/aromatic N) is 2. The first kappa shape index (κ1) is 18.1. The molecule has 0 aliphatic rings. The molecule has 0 bridgehead atoms. The van der Waals surface area contributed by atoms with Crippen molar-refractivity contribution in [2.24, 2.45) is 7.05 Å². The molecule has 0 radical (unpaired) electrons. The van der Waals surface area contributed by atoms with Crippen LogP contribution >= 0.6 is 0 Å². The molecule has 5 aromatic carbocycles. The van der Waals surface area contributed by atoms with E-state index in [9.17, 15) is 0 Å². The van der Waals surface area contributed by atoms with Crippen LogP contribution in [-0.2, 0) is 7.05 Å². The van der Waals surface area contributed by atoms with Crippen LogP contribution in [0.1, 0.15) is 5.56 Å². The minimum Gasteiger partial charge on any atom is -0.419 e. The van der Waals surface area contributed by atoms with Crippen LogP contribution in [0.4, 0.5) is 0 Å². The Kier molecular flexibility index (Phi) is 3.27. The average molecular weight is 438 g/mol. The highest BCUT2D eigenvalue weighted by Crippen LogP contribution is 2.40. The molecule has 0 saturated heterocycles. The van der Waals surface area contributed by atoms with E-state index in [1.165, 1.54) is 59.8 Å². The second-order valence-corrected chi connectivity index (χ2v) is 9.31. The Morgan fingerprint density at radius 1 is 0.647 bits per heavy atom. The van der Waals surface area contributed by atoms with Gasteiger partial charge in [0.15, 0.2) is 0 Å². The molecule has 0 N–H and O–H groups in total. The number of benzene rings is 5. The summed E-state index contributed by atoms with van der Waals surface area (Å²) < 4.78 is 11.2. The minimum absolute atomic E-state index is 0.900. The fourth-order valence-corrected chi connectivity index (χ4v) is 6.04. The van der Waals surface area contributed by atoms with Crippen LogP contribution in [0.25, 0.3) is 71.1 Å². The monoisotopic (exact) mass is 437 g/mol. The van der Waals surface area contributed by atoms with Crippen LogP contribution in [0.3, 0.4) is 0 Å². The molecule has 0 atom stereocenters. The van der Waals surface area contributed by atoms with Crippen molar-refractivity contribution < 1.29 is 8.98 Å². The fourth-order valence-electron chi connectivity index (χ4n) is 6.04. The van der Waals surface area contributed by atoms with Crippen molar-refractivity contribution in [1.82, 2.24) is 4.40 Å². The summed E-state index contributed by atoms with van der Waals surface area (Å²) >= 11 is 0. The Hall–Kier alpha value is -4.37. The molecular formula is C31H21N2O+. The standard InChI is InChI=1S/C31H21N2O/c1-18-8-7-12-23-22-11-5-6-13-25(22)33-29-28-24-15-14-19-9-3-4-10-20(19)21(24)16-17-26(28)34-31(29)32(2)30(33)27(18)23/h3-17H,1-2H3/q+1. The topological polar surface area (TPSA) is 21.4 Å². The quantitative estimate of drug-likeness (QED) is 0.177. The Morgan fingerprint density at radius 3 is 2.29 bits per heavy atom. The van der Waals surface area contributed by atoms with Crippen molar-refractivity contribution in [2.75, 3.05) is 0 Å². The first-order valence-corrected chi connectivity index (χ1v) is 11.7. The smallest absolute Gasteiger partial charge is 0.339 e. The van der Waals surface area contributed by atoms with Crippen molar-refractivity contribution in [3.8, 4) is 0 Å².